The second kappa shape index (κ2) is 4.41. The van der Waals surface area contributed by atoms with E-state index in [1.54, 1.807) is 6.92 Å². The monoisotopic (exact) mass is 227 g/mol. The Balaban J connectivity index is 1.97. The molecular formula is C11H17NO4. The Morgan fingerprint density at radius 3 is 2.94 bits per heavy atom. The zero-order valence-corrected chi connectivity index (χ0v) is 9.64. The highest BCUT2D eigenvalue weighted by Gasteiger charge is 2.46. The first-order valence-corrected chi connectivity index (χ1v) is 5.69. The standard InChI is InChI=1S/C11H17NO4/c1-3-15-11(14)16-10-5-7-4-8(13)6-9(10)12(7)2/h7,9-10H,3-6H2,1-2H3/t7-,9+,10?/m1/s1. The van der Waals surface area contributed by atoms with Gasteiger partial charge in [0.2, 0.25) is 0 Å². The van der Waals surface area contributed by atoms with Crippen molar-refractivity contribution >= 4 is 11.9 Å². The zero-order chi connectivity index (χ0) is 11.7. The third-order valence-corrected chi connectivity index (χ3v) is 3.44. The first-order chi connectivity index (χ1) is 7.61. The topological polar surface area (TPSA) is 55.8 Å². The Hall–Kier alpha value is -1.10. The first kappa shape index (κ1) is 11.4. The highest BCUT2D eigenvalue weighted by Crippen LogP contribution is 2.34. The lowest BCUT2D eigenvalue weighted by Crippen LogP contribution is -2.43. The predicted molar refractivity (Wildman–Crippen MR) is 56.1 cm³/mol. The number of ether oxygens (including phenoxy) is 2. The van der Waals surface area contributed by atoms with Crippen molar-refractivity contribution in [2.24, 2.45) is 0 Å². The molecule has 16 heavy (non-hydrogen) atoms. The molecule has 90 valence electrons. The summed E-state index contributed by atoms with van der Waals surface area (Å²) in [5, 5.41) is 0. The fourth-order valence-electron chi connectivity index (χ4n) is 2.61. The molecule has 0 radical (unpaired) electrons. The van der Waals surface area contributed by atoms with Crippen molar-refractivity contribution in [3.63, 3.8) is 0 Å². The van der Waals surface area contributed by atoms with Crippen molar-refractivity contribution in [3.8, 4) is 0 Å². The van der Waals surface area contributed by atoms with Crippen LogP contribution in [0, 0.1) is 0 Å². The lowest BCUT2D eigenvalue weighted by molar-refractivity contribution is -0.123. The average Bonchev–Trinajstić information content (AvgIpc) is 2.41. The van der Waals surface area contributed by atoms with E-state index in [4.69, 9.17) is 9.47 Å². The maximum Gasteiger partial charge on any atom is 0.508 e. The molecule has 2 saturated heterocycles. The van der Waals surface area contributed by atoms with Crippen LogP contribution >= 0.6 is 0 Å². The number of carbonyl (C=O) groups is 2. The van der Waals surface area contributed by atoms with Gasteiger partial charge in [-0.1, -0.05) is 0 Å². The third kappa shape index (κ3) is 2.04. The second-order valence-corrected chi connectivity index (χ2v) is 4.41. The van der Waals surface area contributed by atoms with Crippen molar-refractivity contribution in [1.29, 1.82) is 0 Å². The average molecular weight is 227 g/mol. The van der Waals surface area contributed by atoms with Gasteiger partial charge in [-0.15, -0.1) is 0 Å². The molecule has 0 N–H and O–H groups in total. The van der Waals surface area contributed by atoms with E-state index in [9.17, 15) is 9.59 Å². The second-order valence-electron chi connectivity index (χ2n) is 4.41. The van der Waals surface area contributed by atoms with Crippen molar-refractivity contribution in [2.75, 3.05) is 13.7 Å². The summed E-state index contributed by atoms with van der Waals surface area (Å²) in [6.45, 7) is 2.05. The van der Waals surface area contributed by atoms with Gasteiger partial charge in [-0.3, -0.25) is 9.69 Å². The van der Waals surface area contributed by atoms with Crippen LogP contribution in [0.15, 0.2) is 0 Å². The molecule has 5 nitrogen and oxygen atoms in total. The molecule has 5 heteroatoms. The summed E-state index contributed by atoms with van der Waals surface area (Å²) in [7, 11) is 1.98. The van der Waals surface area contributed by atoms with Crippen molar-refractivity contribution in [2.45, 2.75) is 44.4 Å². The third-order valence-electron chi connectivity index (χ3n) is 3.44. The molecule has 2 heterocycles. The minimum Gasteiger partial charge on any atom is -0.435 e. The molecule has 0 aromatic heterocycles. The lowest BCUT2D eigenvalue weighted by Gasteiger charge is -2.30. The van der Waals surface area contributed by atoms with Crippen molar-refractivity contribution in [1.82, 2.24) is 4.90 Å². The molecule has 0 aliphatic carbocycles. The summed E-state index contributed by atoms with van der Waals surface area (Å²) in [4.78, 5) is 24.8. The summed E-state index contributed by atoms with van der Waals surface area (Å²) in [6.07, 6.45) is 0.986. The summed E-state index contributed by atoms with van der Waals surface area (Å²) >= 11 is 0. The molecule has 3 atom stereocenters. The molecule has 2 bridgehead atoms. The Morgan fingerprint density at radius 1 is 1.50 bits per heavy atom. The van der Waals surface area contributed by atoms with Crippen LogP contribution in [-0.4, -0.2) is 48.7 Å². The van der Waals surface area contributed by atoms with E-state index < -0.39 is 6.16 Å². The van der Waals surface area contributed by atoms with Crippen LogP contribution < -0.4 is 0 Å². The molecular weight excluding hydrogens is 210 g/mol. The van der Waals surface area contributed by atoms with E-state index in [0.717, 1.165) is 6.42 Å². The number of hydrogen-bond acceptors (Lipinski definition) is 5. The first-order valence-electron chi connectivity index (χ1n) is 5.69. The highest BCUT2D eigenvalue weighted by atomic mass is 16.7. The van der Waals surface area contributed by atoms with E-state index >= 15 is 0 Å². The zero-order valence-electron chi connectivity index (χ0n) is 9.64. The van der Waals surface area contributed by atoms with Gasteiger partial charge >= 0.3 is 6.16 Å². The van der Waals surface area contributed by atoms with E-state index in [-0.39, 0.29) is 24.0 Å². The maximum atomic E-state index is 11.4. The number of piperidine rings is 1. The van der Waals surface area contributed by atoms with E-state index in [0.29, 0.717) is 19.4 Å². The van der Waals surface area contributed by atoms with Crippen molar-refractivity contribution < 1.29 is 19.1 Å². The molecule has 0 aromatic rings. The van der Waals surface area contributed by atoms with Gasteiger partial charge in [0.15, 0.2) is 0 Å². The fraction of sp³-hybridized carbons (Fsp3) is 0.818. The number of Topliss-reactive ketones (excluding diaryl/α,β-unsaturated/α-hetero) is 1. The normalized spacial score (nSPS) is 33.9. The van der Waals surface area contributed by atoms with Gasteiger partial charge in [-0.2, -0.15) is 0 Å². The number of nitrogens with zero attached hydrogens (tertiary/aromatic N) is 1. The number of carbonyl (C=O) groups excluding carboxylic acids is 2. The van der Waals surface area contributed by atoms with Gasteiger partial charge < -0.3 is 9.47 Å². The minimum atomic E-state index is -0.624. The molecule has 2 rings (SSSR count). The molecule has 2 aliphatic heterocycles. The van der Waals surface area contributed by atoms with Gasteiger partial charge in [0.25, 0.3) is 0 Å². The summed E-state index contributed by atoms with van der Waals surface area (Å²) < 4.78 is 9.98. The number of likely N-dealkylation sites (N-methyl/N-ethyl adjacent to an activating group) is 1. The molecule has 0 spiro atoms. The Kier molecular flexibility index (Phi) is 3.14. The molecule has 2 aliphatic rings. The highest BCUT2D eigenvalue weighted by molar-refractivity contribution is 5.81. The molecule has 0 saturated carbocycles. The number of hydrogen-bond donors (Lipinski definition) is 0. The van der Waals surface area contributed by atoms with Gasteiger partial charge in [-0.05, 0) is 14.0 Å². The maximum absolute atomic E-state index is 11.4. The van der Waals surface area contributed by atoms with Gasteiger partial charge in [0.05, 0.1) is 12.6 Å². The Morgan fingerprint density at radius 2 is 2.25 bits per heavy atom. The van der Waals surface area contributed by atoms with Crippen LogP contribution in [0.2, 0.25) is 0 Å². The number of ketones is 1. The van der Waals surface area contributed by atoms with E-state index in [1.165, 1.54) is 0 Å². The van der Waals surface area contributed by atoms with Crippen LogP contribution in [0.25, 0.3) is 0 Å². The van der Waals surface area contributed by atoms with Gasteiger partial charge in [0, 0.05) is 25.3 Å². The number of rotatable bonds is 2. The lowest BCUT2D eigenvalue weighted by atomic mass is 10.0. The smallest absolute Gasteiger partial charge is 0.435 e. The predicted octanol–water partition coefficient (Wildman–Crippen LogP) is 0.964. The van der Waals surface area contributed by atoms with Crippen LogP contribution in [0.3, 0.4) is 0 Å². The van der Waals surface area contributed by atoms with Crippen LogP contribution in [0.4, 0.5) is 4.79 Å². The quantitative estimate of drug-likeness (QED) is 0.658. The van der Waals surface area contributed by atoms with Crippen LogP contribution in [0.1, 0.15) is 26.2 Å². The molecule has 0 amide bonds. The SMILES string of the molecule is CCOC(=O)OC1C[C@H]2CC(=O)C[C@@H]1N2C. The summed E-state index contributed by atoms with van der Waals surface area (Å²) in [5.41, 5.74) is 0. The minimum absolute atomic E-state index is 0.0376. The molecule has 2 fully saturated rings. The summed E-state index contributed by atoms with van der Waals surface area (Å²) in [5.74, 6) is 0.267. The number of fused-ring (bicyclic) bond motifs is 2. The van der Waals surface area contributed by atoms with Crippen LogP contribution in [-0.2, 0) is 14.3 Å². The van der Waals surface area contributed by atoms with E-state index in [1.807, 2.05) is 7.05 Å². The molecule has 1 unspecified atom stereocenters. The van der Waals surface area contributed by atoms with Gasteiger partial charge in [0.1, 0.15) is 11.9 Å². The largest absolute Gasteiger partial charge is 0.508 e. The van der Waals surface area contributed by atoms with Gasteiger partial charge in [-0.25, -0.2) is 4.79 Å². The Bertz CT molecular complexity index is 304. The Labute approximate surface area is 94.7 Å². The van der Waals surface area contributed by atoms with Crippen LogP contribution in [0.5, 0.6) is 0 Å². The summed E-state index contributed by atoms with van der Waals surface area (Å²) in [6, 6.07) is 0.265. The van der Waals surface area contributed by atoms with E-state index in [2.05, 4.69) is 4.90 Å². The molecule has 0 aromatic carbocycles. The fourth-order valence-corrected chi connectivity index (χ4v) is 2.61. The van der Waals surface area contributed by atoms with Crippen molar-refractivity contribution in [3.05, 3.63) is 0 Å².